The highest BCUT2D eigenvalue weighted by atomic mass is 35.5. The van der Waals surface area contributed by atoms with Gasteiger partial charge in [-0.15, -0.1) is 0 Å². The SMILES string of the molecule is O=C(O)CCCC=CC[C@H]1[C@H](/C=C/[C@H](O)COc2cccc(Cl)c2)[C@@H](O)C[C@H]1O. The molecule has 1 aliphatic carbocycles. The predicted octanol–water partition coefficient (Wildman–Crippen LogP) is 3.20. The molecule has 1 aliphatic rings. The Balaban J connectivity index is 1.83. The zero-order valence-corrected chi connectivity index (χ0v) is 17.0. The fourth-order valence-corrected chi connectivity index (χ4v) is 3.68. The highest BCUT2D eigenvalue weighted by Gasteiger charge is 2.39. The molecule has 29 heavy (non-hydrogen) atoms. The van der Waals surface area contributed by atoms with E-state index in [4.69, 9.17) is 21.4 Å². The summed E-state index contributed by atoms with van der Waals surface area (Å²) in [5, 5.41) is 39.8. The number of hydrogen-bond donors (Lipinski definition) is 4. The molecule has 7 heteroatoms. The smallest absolute Gasteiger partial charge is 0.303 e. The number of allylic oxidation sites excluding steroid dienone is 2. The Kier molecular flexibility index (Phi) is 9.67. The summed E-state index contributed by atoms with van der Waals surface area (Å²) in [7, 11) is 0. The van der Waals surface area contributed by atoms with Crippen molar-refractivity contribution in [1.29, 1.82) is 0 Å². The molecular formula is C22H29ClO6. The number of rotatable bonds is 11. The molecular weight excluding hydrogens is 396 g/mol. The maximum atomic E-state index is 10.5. The van der Waals surface area contributed by atoms with Crippen LogP contribution in [0.4, 0.5) is 0 Å². The summed E-state index contributed by atoms with van der Waals surface area (Å²) in [5.41, 5.74) is 0. The number of hydrogen-bond acceptors (Lipinski definition) is 5. The number of carboxylic acids is 1. The standard InChI is InChI=1S/C22H29ClO6/c23-15-6-5-7-17(12-15)29-14-16(24)10-11-19-18(20(25)13-21(19)26)8-3-1-2-4-9-22(27)28/h1,3,5-7,10-12,16,18-21,24-26H,2,4,8-9,13-14H2,(H,27,28)/b3-1?,11-10+/t16-,18-,19-,20+,21-/m0/s1. The van der Waals surface area contributed by atoms with Crippen LogP contribution in [-0.2, 0) is 4.79 Å². The molecule has 160 valence electrons. The van der Waals surface area contributed by atoms with Crippen LogP contribution in [0.25, 0.3) is 0 Å². The second-order valence-electron chi connectivity index (χ2n) is 7.33. The van der Waals surface area contributed by atoms with E-state index in [1.807, 2.05) is 12.2 Å². The van der Waals surface area contributed by atoms with Gasteiger partial charge in [-0.25, -0.2) is 0 Å². The van der Waals surface area contributed by atoms with Gasteiger partial charge in [-0.2, -0.15) is 0 Å². The van der Waals surface area contributed by atoms with Crippen molar-refractivity contribution in [2.24, 2.45) is 11.8 Å². The molecule has 1 aromatic carbocycles. The summed E-state index contributed by atoms with van der Waals surface area (Å²) in [5.74, 6) is -0.671. The van der Waals surface area contributed by atoms with Gasteiger partial charge in [0.05, 0.1) is 12.2 Å². The lowest BCUT2D eigenvalue weighted by atomic mass is 9.89. The van der Waals surface area contributed by atoms with Gasteiger partial charge < -0.3 is 25.2 Å². The summed E-state index contributed by atoms with van der Waals surface area (Å²) < 4.78 is 5.51. The first-order valence-corrected chi connectivity index (χ1v) is 10.2. The molecule has 1 fully saturated rings. The zero-order valence-electron chi connectivity index (χ0n) is 16.2. The quantitative estimate of drug-likeness (QED) is 0.321. The highest BCUT2D eigenvalue weighted by molar-refractivity contribution is 6.30. The molecule has 0 saturated heterocycles. The van der Waals surface area contributed by atoms with Crippen molar-refractivity contribution in [1.82, 2.24) is 0 Å². The topological polar surface area (TPSA) is 107 Å². The second-order valence-corrected chi connectivity index (χ2v) is 7.76. The molecule has 0 bridgehead atoms. The average Bonchev–Trinajstić information content (AvgIpc) is 2.93. The predicted molar refractivity (Wildman–Crippen MR) is 111 cm³/mol. The molecule has 0 heterocycles. The average molecular weight is 425 g/mol. The summed E-state index contributed by atoms with van der Waals surface area (Å²) >= 11 is 5.90. The first-order valence-electron chi connectivity index (χ1n) is 9.84. The van der Waals surface area contributed by atoms with Crippen molar-refractivity contribution in [2.75, 3.05) is 6.61 Å². The lowest BCUT2D eigenvalue weighted by Crippen LogP contribution is -2.21. The normalized spacial score (nSPS) is 25.7. The Morgan fingerprint density at radius 2 is 2.07 bits per heavy atom. The first-order chi connectivity index (χ1) is 13.9. The van der Waals surface area contributed by atoms with E-state index in [9.17, 15) is 20.1 Å². The molecule has 0 unspecified atom stereocenters. The Morgan fingerprint density at radius 3 is 2.79 bits per heavy atom. The summed E-state index contributed by atoms with van der Waals surface area (Å²) in [6.45, 7) is 0.0519. The maximum Gasteiger partial charge on any atom is 0.303 e. The molecule has 0 amide bonds. The fraction of sp³-hybridized carbons (Fsp3) is 0.500. The van der Waals surface area contributed by atoms with Crippen LogP contribution in [0.5, 0.6) is 5.75 Å². The molecule has 0 aromatic heterocycles. The summed E-state index contributed by atoms with van der Waals surface area (Å²) in [6.07, 6.45) is 7.26. The lowest BCUT2D eigenvalue weighted by Gasteiger charge is -2.19. The zero-order chi connectivity index (χ0) is 21.2. The summed E-state index contributed by atoms with van der Waals surface area (Å²) in [4.78, 5) is 10.5. The van der Waals surface area contributed by atoms with Crippen molar-refractivity contribution in [3.05, 3.63) is 53.6 Å². The van der Waals surface area contributed by atoms with E-state index in [0.717, 1.165) is 0 Å². The third kappa shape index (κ3) is 8.19. The maximum absolute atomic E-state index is 10.5. The van der Waals surface area contributed by atoms with E-state index < -0.39 is 24.3 Å². The van der Waals surface area contributed by atoms with Crippen LogP contribution in [0.1, 0.15) is 32.1 Å². The Labute approximate surface area is 176 Å². The molecule has 6 nitrogen and oxygen atoms in total. The van der Waals surface area contributed by atoms with E-state index >= 15 is 0 Å². The number of aliphatic carboxylic acids is 1. The molecule has 1 saturated carbocycles. The third-order valence-electron chi connectivity index (χ3n) is 5.02. The lowest BCUT2D eigenvalue weighted by molar-refractivity contribution is -0.137. The van der Waals surface area contributed by atoms with Crippen LogP contribution in [0.15, 0.2) is 48.6 Å². The van der Waals surface area contributed by atoms with Crippen LogP contribution in [-0.4, -0.2) is 51.3 Å². The van der Waals surface area contributed by atoms with Crippen LogP contribution in [0, 0.1) is 11.8 Å². The molecule has 0 aliphatic heterocycles. The van der Waals surface area contributed by atoms with Crippen molar-refractivity contribution in [2.45, 2.75) is 50.4 Å². The van der Waals surface area contributed by atoms with Crippen LogP contribution in [0.3, 0.4) is 0 Å². The number of aliphatic hydroxyl groups is 3. The molecule has 0 spiro atoms. The van der Waals surface area contributed by atoms with Crippen molar-refractivity contribution in [3.63, 3.8) is 0 Å². The number of unbranched alkanes of at least 4 members (excludes halogenated alkanes) is 1. The molecule has 2 rings (SSSR count). The van der Waals surface area contributed by atoms with E-state index in [2.05, 4.69) is 0 Å². The van der Waals surface area contributed by atoms with Gasteiger partial charge in [-0.05, 0) is 43.4 Å². The minimum atomic E-state index is -0.855. The first kappa shape index (κ1) is 23.4. The van der Waals surface area contributed by atoms with Crippen LogP contribution >= 0.6 is 11.6 Å². The van der Waals surface area contributed by atoms with Crippen molar-refractivity contribution >= 4 is 17.6 Å². The Bertz CT molecular complexity index is 704. The molecule has 1 aromatic rings. The van der Waals surface area contributed by atoms with E-state index in [1.165, 1.54) is 0 Å². The number of carboxylic acid groups (broad SMARTS) is 1. The van der Waals surface area contributed by atoms with Gasteiger partial charge in [-0.3, -0.25) is 4.79 Å². The number of halogens is 1. The number of benzene rings is 1. The highest BCUT2D eigenvalue weighted by Crippen LogP contribution is 2.36. The summed E-state index contributed by atoms with van der Waals surface area (Å²) in [6, 6.07) is 6.90. The second kappa shape index (κ2) is 12.0. The van der Waals surface area contributed by atoms with E-state index in [-0.39, 0.29) is 24.9 Å². The number of carbonyl (C=O) groups is 1. The van der Waals surface area contributed by atoms with Gasteiger partial charge in [0.2, 0.25) is 0 Å². The fourth-order valence-electron chi connectivity index (χ4n) is 3.50. The molecule has 0 radical (unpaired) electrons. The minimum absolute atomic E-state index is 0.0519. The number of ether oxygens (including phenoxy) is 1. The van der Waals surface area contributed by atoms with Gasteiger partial charge in [0.1, 0.15) is 18.5 Å². The number of aliphatic hydroxyl groups excluding tert-OH is 3. The van der Waals surface area contributed by atoms with Gasteiger partial charge >= 0.3 is 5.97 Å². The van der Waals surface area contributed by atoms with Gasteiger partial charge in [0.15, 0.2) is 0 Å². The van der Waals surface area contributed by atoms with Gasteiger partial charge in [0, 0.05) is 23.8 Å². The molecule has 4 N–H and O–H groups in total. The van der Waals surface area contributed by atoms with Gasteiger partial charge in [0.25, 0.3) is 0 Å². The van der Waals surface area contributed by atoms with Crippen LogP contribution in [0.2, 0.25) is 5.02 Å². The van der Waals surface area contributed by atoms with Crippen molar-refractivity contribution < 1.29 is 30.0 Å². The largest absolute Gasteiger partial charge is 0.491 e. The third-order valence-corrected chi connectivity index (χ3v) is 5.26. The van der Waals surface area contributed by atoms with Crippen molar-refractivity contribution in [3.8, 4) is 5.75 Å². The molecule has 5 atom stereocenters. The Morgan fingerprint density at radius 1 is 1.28 bits per heavy atom. The van der Waals surface area contributed by atoms with E-state index in [0.29, 0.717) is 36.5 Å². The van der Waals surface area contributed by atoms with E-state index in [1.54, 1.807) is 36.4 Å². The monoisotopic (exact) mass is 424 g/mol. The van der Waals surface area contributed by atoms with Gasteiger partial charge in [-0.1, -0.05) is 42.0 Å². The van der Waals surface area contributed by atoms with Crippen LogP contribution < -0.4 is 4.74 Å². The Hall–Kier alpha value is -1.86. The minimum Gasteiger partial charge on any atom is -0.491 e.